The molecule has 0 fully saturated rings. The summed E-state index contributed by atoms with van der Waals surface area (Å²) in [7, 11) is 1.74. The Morgan fingerprint density at radius 2 is 2.36 bits per heavy atom. The number of nitrogens with one attached hydrogen (secondary N) is 1. The standard InChI is InChI=1S/C10H18N2OS/c1-4-9(13-3)10-12-8(7-14-10)6-11-5-2/h7,9,11H,4-6H2,1-3H3. The van der Waals surface area contributed by atoms with E-state index < -0.39 is 0 Å². The van der Waals surface area contributed by atoms with Crippen molar-refractivity contribution in [2.75, 3.05) is 13.7 Å². The predicted molar refractivity (Wildman–Crippen MR) is 59.5 cm³/mol. The molecule has 1 aromatic heterocycles. The Labute approximate surface area is 89.5 Å². The van der Waals surface area contributed by atoms with Crippen LogP contribution in [0.1, 0.15) is 37.1 Å². The van der Waals surface area contributed by atoms with Gasteiger partial charge in [0, 0.05) is 19.0 Å². The molecule has 1 atom stereocenters. The van der Waals surface area contributed by atoms with Gasteiger partial charge in [0.05, 0.1) is 5.69 Å². The van der Waals surface area contributed by atoms with Crippen molar-refractivity contribution in [3.8, 4) is 0 Å². The van der Waals surface area contributed by atoms with Gasteiger partial charge < -0.3 is 10.1 Å². The molecule has 1 rings (SSSR count). The van der Waals surface area contributed by atoms with Crippen LogP contribution >= 0.6 is 11.3 Å². The van der Waals surface area contributed by atoms with Gasteiger partial charge in [-0.25, -0.2) is 4.98 Å². The van der Waals surface area contributed by atoms with E-state index in [4.69, 9.17) is 4.74 Å². The van der Waals surface area contributed by atoms with Crippen LogP contribution in [-0.2, 0) is 11.3 Å². The number of hydrogen-bond acceptors (Lipinski definition) is 4. The van der Waals surface area contributed by atoms with Gasteiger partial charge in [0.15, 0.2) is 0 Å². The van der Waals surface area contributed by atoms with E-state index in [0.29, 0.717) is 0 Å². The Hall–Kier alpha value is -0.450. The van der Waals surface area contributed by atoms with Gasteiger partial charge in [0.25, 0.3) is 0 Å². The van der Waals surface area contributed by atoms with Crippen LogP contribution < -0.4 is 5.32 Å². The zero-order chi connectivity index (χ0) is 10.4. The number of methoxy groups -OCH3 is 1. The van der Waals surface area contributed by atoms with Crippen molar-refractivity contribution in [3.63, 3.8) is 0 Å². The van der Waals surface area contributed by atoms with E-state index in [0.717, 1.165) is 30.2 Å². The summed E-state index contributed by atoms with van der Waals surface area (Å²) in [5, 5.41) is 6.44. The topological polar surface area (TPSA) is 34.1 Å². The normalized spacial score (nSPS) is 13.1. The SMILES string of the molecule is CCNCc1csc(C(CC)OC)n1. The molecule has 1 unspecified atom stereocenters. The van der Waals surface area contributed by atoms with Crippen LogP contribution in [0.4, 0.5) is 0 Å². The molecule has 0 aromatic carbocycles. The highest BCUT2D eigenvalue weighted by Crippen LogP contribution is 2.23. The van der Waals surface area contributed by atoms with Gasteiger partial charge in [-0.15, -0.1) is 11.3 Å². The third-order valence-electron chi connectivity index (χ3n) is 2.06. The monoisotopic (exact) mass is 214 g/mol. The maximum Gasteiger partial charge on any atom is 0.122 e. The Morgan fingerprint density at radius 3 is 2.93 bits per heavy atom. The molecule has 14 heavy (non-hydrogen) atoms. The first-order valence-electron chi connectivity index (χ1n) is 4.99. The quantitative estimate of drug-likeness (QED) is 0.789. The Morgan fingerprint density at radius 1 is 1.57 bits per heavy atom. The minimum absolute atomic E-state index is 0.162. The van der Waals surface area contributed by atoms with Crippen LogP contribution in [0, 0.1) is 0 Å². The smallest absolute Gasteiger partial charge is 0.122 e. The van der Waals surface area contributed by atoms with Crippen LogP contribution in [-0.4, -0.2) is 18.6 Å². The second kappa shape index (κ2) is 6.11. The van der Waals surface area contributed by atoms with E-state index in [9.17, 15) is 0 Å². The molecular formula is C10H18N2OS. The second-order valence-electron chi connectivity index (χ2n) is 3.09. The van der Waals surface area contributed by atoms with Crippen LogP contribution in [0.15, 0.2) is 5.38 Å². The summed E-state index contributed by atoms with van der Waals surface area (Å²) < 4.78 is 5.33. The maximum atomic E-state index is 5.33. The molecule has 0 radical (unpaired) electrons. The molecule has 0 saturated heterocycles. The number of rotatable bonds is 6. The van der Waals surface area contributed by atoms with Crippen molar-refractivity contribution in [1.82, 2.24) is 10.3 Å². The van der Waals surface area contributed by atoms with Gasteiger partial charge in [-0.05, 0) is 13.0 Å². The Bertz CT molecular complexity index is 258. The van der Waals surface area contributed by atoms with Gasteiger partial charge in [0.2, 0.25) is 0 Å². The molecular weight excluding hydrogens is 196 g/mol. The summed E-state index contributed by atoms with van der Waals surface area (Å²) in [6.45, 7) is 6.04. The summed E-state index contributed by atoms with van der Waals surface area (Å²) in [5.41, 5.74) is 1.11. The van der Waals surface area contributed by atoms with Crippen LogP contribution in [0.25, 0.3) is 0 Å². The molecule has 0 aliphatic carbocycles. The van der Waals surface area contributed by atoms with Crippen molar-refractivity contribution in [2.45, 2.75) is 32.9 Å². The number of hydrogen-bond donors (Lipinski definition) is 1. The summed E-state index contributed by atoms with van der Waals surface area (Å²) in [6, 6.07) is 0. The van der Waals surface area contributed by atoms with Gasteiger partial charge >= 0.3 is 0 Å². The van der Waals surface area contributed by atoms with E-state index in [2.05, 4.69) is 29.5 Å². The molecule has 1 aromatic rings. The van der Waals surface area contributed by atoms with E-state index in [1.54, 1.807) is 18.4 Å². The average Bonchev–Trinajstić information content (AvgIpc) is 2.65. The van der Waals surface area contributed by atoms with Crippen molar-refractivity contribution in [1.29, 1.82) is 0 Å². The number of thiazole rings is 1. The van der Waals surface area contributed by atoms with Crippen LogP contribution in [0.3, 0.4) is 0 Å². The Kier molecular flexibility index (Phi) is 5.07. The summed E-state index contributed by atoms with van der Waals surface area (Å²) in [5.74, 6) is 0. The summed E-state index contributed by atoms with van der Waals surface area (Å²) in [4.78, 5) is 4.52. The largest absolute Gasteiger partial charge is 0.374 e. The first-order chi connectivity index (χ1) is 6.81. The van der Waals surface area contributed by atoms with Gasteiger partial charge in [0.1, 0.15) is 11.1 Å². The predicted octanol–water partition coefficient (Wildman–Crippen LogP) is 2.35. The minimum Gasteiger partial charge on any atom is -0.374 e. The zero-order valence-corrected chi connectivity index (χ0v) is 9.86. The summed E-state index contributed by atoms with van der Waals surface area (Å²) >= 11 is 1.68. The Balaban J connectivity index is 2.57. The molecule has 1 N–H and O–H groups in total. The van der Waals surface area contributed by atoms with Crippen molar-refractivity contribution < 1.29 is 4.74 Å². The fourth-order valence-electron chi connectivity index (χ4n) is 1.25. The molecule has 0 aliphatic heterocycles. The van der Waals surface area contributed by atoms with Gasteiger partial charge in [-0.3, -0.25) is 0 Å². The lowest BCUT2D eigenvalue weighted by molar-refractivity contribution is 0.0996. The second-order valence-corrected chi connectivity index (χ2v) is 3.98. The molecule has 0 bridgehead atoms. The van der Waals surface area contributed by atoms with E-state index in [-0.39, 0.29) is 6.10 Å². The minimum atomic E-state index is 0.162. The highest BCUT2D eigenvalue weighted by Gasteiger charge is 2.11. The van der Waals surface area contributed by atoms with Gasteiger partial charge in [-0.1, -0.05) is 13.8 Å². The van der Waals surface area contributed by atoms with Crippen LogP contribution in [0.5, 0.6) is 0 Å². The van der Waals surface area contributed by atoms with Crippen molar-refractivity contribution in [2.24, 2.45) is 0 Å². The van der Waals surface area contributed by atoms with E-state index >= 15 is 0 Å². The lowest BCUT2D eigenvalue weighted by Gasteiger charge is -2.08. The fourth-order valence-corrected chi connectivity index (χ4v) is 2.22. The van der Waals surface area contributed by atoms with Crippen molar-refractivity contribution in [3.05, 3.63) is 16.1 Å². The lowest BCUT2D eigenvalue weighted by atomic mass is 10.3. The maximum absolute atomic E-state index is 5.33. The van der Waals surface area contributed by atoms with E-state index in [1.807, 2.05) is 0 Å². The molecule has 0 spiro atoms. The highest BCUT2D eigenvalue weighted by molar-refractivity contribution is 7.09. The average molecular weight is 214 g/mol. The molecule has 80 valence electrons. The molecule has 4 heteroatoms. The zero-order valence-electron chi connectivity index (χ0n) is 9.04. The number of aromatic nitrogens is 1. The number of ether oxygens (including phenoxy) is 1. The third kappa shape index (κ3) is 3.04. The molecule has 0 aliphatic rings. The van der Waals surface area contributed by atoms with Crippen LogP contribution in [0.2, 0.25) is 0 Å². The molecule has 3 nitrogen and oxygen atoms in total. The lowest BCUT2D eigenvalue weighted by Crippen LogP contribution is -2.12. The highest BCUT2D eigenvalue weighted by atomic mass is 32.1. The van der Waals surface area contributed by atoms with Gasteiger partial charge in [-0.2, -0.15) is 0 Å². The number of nitrogens with zero attached hydrogens (tertiary/aromatic N) is 1. The summed E-state index contributed by atoms with van der Waals surface area (Å²) in [6.07, 6.45) is 1.14. The first-order valence-corrected chi connectivity index (χ1v) is 5.87. The third-order valence-corrected chi connectivity index (χ3v) is 3.04. The first kappa shape index (κ1) is 11.6. The van der Waals surface area contributed by atoms with Crippen molar-refractivity contribution >= 4 is 11.3 Å². The van der Waals surface area contributed by atoms with E-state index in [1.165, 1.54) is 0 Å². The molecule has 1 heterocycles. The fraction of sp³-hybridized carbons (Fsp3) is 0.700. The molecule has 0 amide bonds. The molecule has 0 saturated carbocycles.